The van der Waals surface area contributed by atoms with E-state index in [-0.39, 0.29) is 0 Å². The second-order valence-corrected chi connectivity index (χ2v) is 4.99. The van der Waals surface area contributed by atoms with Gasteiger partial charge in [0.15, 0.2) is 0 Å². The van der Waals surface area contributed by atoms with Crippen LogP contribution >= 0.6 is 0 Å². The van der Waals surface area contributed by atoms with Crippen LogP contribution in [0.1, 0.15) is 25.0 Å². The van der Waals surface area contributed by atoms with E-state index in [0.29, 0.717) is 6.04 Å². The fourth-order valence-electron chi connectivity index (χ4n) is 1.90. The predicted octanol–water partition coefficient (Wildman–Crippen LogP) is 3.56. The Bertz CT molecular complexity index is 518. The van der Waals surface area contributed by atoms with Gasteiger partial charge in [-0.25, -0.2) is 0 Å². The Balaban J connectivity index is 2.21. The Kier molecular flexibility index (Phi) is 4.11. The number of nitrogens with zero attached hydrogens (tertiary/aromatic N) is 1. The van der Waals surface area contributed by atoms with Crippen LogP contribution in [-0.4, -0.2) is 11.0 Å². The van der Waals surface area contributed by atoms with Crippen molar-refractivity contribution in [2.75, 3.05) is 0 Å². The van der Waals surface area contributed by atoms with Crippen molar-refractivity contribution < 1.29 is 0 Å². The minimum Gasteiger partial charge on any atom is -0.310 e. The van der Waals surface area contributed by atoms with Gasteiger partial charge in [-0.1, -0.05) is 32.0 Å². The quantitative estimate of drug-likeness (QED) is 0.884. The highest BCUT2D eigenvalue weighted by Gasteiger charge is 2.01. The molecule has 1 aromatic heterocycles. The van der Waals surface area contributed by atoms with Crippen LogP contribution in [0.2, 0.25) is 0 Å². The molecule has 2 rings (SSSR count). The third-order valence-corrected chi connectivity index (χ3v) is 2.85. The van der Waals surface area contributed by atoms with Crippen molar-refractivity contribution in [3.63, 3.8) is 0 Å². The highest BCUT2D eigenvalue weighted by molar-refractivity contribution is 5.63. The molecule has 0 saturated carbocycles. The Morgan fingerprint density at radius 1 is 1.11 bits per heavy atom. The molecule has 0 aliphatic carbocycles. The second kappa shape index (κ2) is 5.78. The van der Waals surface area contributed by atoms with Crippen LogP contribution in [0.3, 0.4) is 0 Å². The zero-order valence-electron chi connectivity index (χ0n) is 11.3. The van der Waals surface area contributed by atoms with Crippen LogP contribution in [0.5, 0.6) is 0 Å². The van der Waals surface area contributed by atoms with Crippen LogP contribution in [0, 0.1) is 6.92 Å². The standard InChI is InChI=1S/C16H20N2/c1-12(2)18-10-14-5-4-6-15(8-14)16-7-13(3)9-17-11-16/h4-9,11-12,18H,10H2,1-3H3. The first-order valence-corrected chi connectivity index (χ1v) is 6.39. The molecule has 2 aromatic rings. The lowest BCUT2D eigenvalue weighted by molar-refractivity contribution is 0.589. The molecule has 2 nitrogen and oxygen atoms in total. The number of pyridine rings is 1. The van der Waals surface area contributed by atoms with Crippen molar-refractivity contribution in [2.24, 2.45) is 0 Å². The lowest BCUT2D eigenvalue weighted by Crippen LogP contribution is -2.21. The van der Waals surface area contributed by atoms with Gasteiger partial charge in [0.2, 0.25) is 0 Å². The largest absolute Gasteiger partial charge is 0.310 e. The van der Waals surface area contributed by atoms with Crippen LogP contribution in [0.4, 0.5) is 0 Å². The van der Waals surface area contributed by atoms with Crippen molar-refractivity contribution >= 4 is 0 Å². The van der Waals surface area contributed by atoms with Gasteiger partial charge in [0.25, 0.3) is 0 Å². The summed E-state index contributed by atoms with van der Waals surface area (Å²) in [7, 11) is 0. The third kappa shape index (κ3) is 3.41. The van der Waals surface area contributed by atoms with E-state index in [9.17, 15) is 0 Å². The van der Waals surface area contributed by atoms with Crippen molar-refractivity contribution in [3.8, 4) is 11.1 Å². The van der Waals surface area contributed by atoms with Gasteiger partial charge < -0.3 is 5.32 Å². The first-order valence-electron chi connectivity index (χ1n) is 6.39. The van der Waals surface area contributed by atoms with E-state index in [0.717, 1.165) is 6.54 Å². The molecular formula is C16H20N2. The van der Waals surface area contributed by atoms with Gasteiger partial charge in [-0.3, -0.25) is 4.98 Å². The van der Waals surface area contributed by atoms with E-state index in [1.807, 2.05) is 12.4 Å². The molecule has 0 unspecified atom stereocenters. The van der Waals surface area contributed by atoms with Gasteiger partial charge >= 0.3 is 0 Å². The van der Waals surface area contributed by atoms with E-state index >= 15 is 0 Å². The molecule has 0 spiro atoms. The number of aryl methyl sites for hydroxylation is 1. The summed E-state index contributed by atoms with van der Waals surface area (Å²) in [5.74, 6) is 0. The van der Waals surface area contributed by atoms with Gasteiger partial charge in [0, 0.05) is 30.5 Å². The SMILES string of the molecule is Cc1cncc(-c2cccc(CNC(C)C)c2)c1. The van der Waals surface area contributed by atoms with Gasteiger partial charge in [0.05, 0.1) is 0 Å². The van der Waals surface area contributed by atoms with Crippen LogP contribution in [0.15, 0.2) is 42.7 Å². The van der Waals surface area contributed by atoms with Gasteiger partial charge in [-0.15, -0.1) is 0 Å². The average molecular weight is 240 g/mol. The monoisotopic (exact) mass is 240 g/mol. The lowest BCUT2D eigenvalue weighted by atomic mass is 10.0. The molecule has 1 heterocycles. The van der Waals surface area contributed by atoms with Crippen molar-refractivity contribution in [1.82, 2.24) is 10.3 Å². The first-order chi connectivity index (χ1) is 8.65. The molecule has 0 atom stereocenters. The van der Waals surface area contributed by atoms with Gasteiger partial charge in [-0.05, 0) is 35.7 Å². The Hall–Kier alpha value is -1.67. The molecule has 1 aromatic carbocycles. The summed E-state index contributed by atoms with van der Waals surface area (Å²) in [5.41, 5.74) is 4.91. The minimum atomic E-state index is 0.509. The van der Waals surface area contributed by atoms with Crippen molar-refractivity contribution in [2.45, 2.75) is 33.4 Å². The zero-order chi connectivity index (χ0) is 13.0. The van der Waals surface area contributed by atoms with Gasteiger partial charge in [0.1, 0.15) is 0 Å². The normalized spacial score (nSPS) is 10.9. The predicted molar refractivity (Wildman–Crippen MR) is 76.4 cm³/mol. The number of nitrogens with one attached hydrogen (secondary N) is 1. The summed E-state index contributed by atoms with van der Waals surface area (Å²) in [6.45, 7) is 7.30. The summed E-state index contributed by atoms with van der Waals surface area (Å²) >= 11 is 0. The van der Waals surface area contributed by atoms with E-state index in [4.69, 9.17) is 0 Å². The average Bonchev–Trinajstić information content (AvgIpc) is 2.37. The fourth-order valence-corrected chi connectivity index (χ4v) is 1.90. The van der Waals surface area contributed by atoms with Crippen molar-refractivity contribution in [1.29, 1.82) is 0 Å². The molecule has 2 heteroatoms. The number of aromatic nitrogens is 1. The highest BCUT2D eigenvalue weighted by atomic mass is 14.9. The van der Waals surface area contributed by atoms with Gasteiger partial charge in [-0.2, -0.15) is 0 Å². The zero-order valence-corrected chi connectivity index (χ0v) is 11.3. The number of hydrogen-bond acceptors (Lipinski definition) is 2. The molecule has 0 bridgehead atoms. The second-order valence-electron chi connectivity index (χ2n) is 4.99. The van der Waals surface area contributed by atoms with E-state index in [2.05, 4.69) is 61.4 Å². The maximum absolute atomic E-state index is 4.25. The summed E-state index contributed by atoms with van der Waals surface area (Å²) < 4.78 is 0. The lowest BCUT2D eigenvalue weighted by Gasteiger charge is -2.09. The topological polar surface area (TPSA) is 24.9 Å². The molecule has 1 N–H and O–H groups in total. The molecule has 0 fully saturated rings. The first kappa shape index (κ1) is 12.8. The van der Waals surface area contributed by atoms with Crippen LogP contribution in [-0.2, 0) is 6.54 Å². The molecule has 0 aliphatic rings. The Labute approximate surface area is 109 Å². The number of rotatable bonds is 4. The fraction of sp³-hybridized carbons (Fsp3) is 0.312. The Morgan fingerprint density at radius 3 is 2.67 bits per heavy atom. The highest BCUT2D eigenvalue weighted by Crippen LogP contribution is 2.20. The molecule has 0 radical (unpaired) electrons. The molecule has 0 saturated heterocycles. The number of benzene rings is 1. The van der Waals surface area contributed by atoms with E-state index in [1.165, 1.54) is 22.3 Å². The summed E-state index contributed by atoms with van der Waals surface area (Å²) in [5, 5.41) is 3.44. The smallest absolute Gasteiger partial charge is 0.0346 e. The maximum Gasteiger partial charge on any atom is 0.0346 e. The molecule has 0 amide bonds. The van der Waals surface area contributed by atoms with Crippen molar-refractivity contribution in [3.05, 3.63) is 53.9 Å². The third-order valence-electron chi connectivity index (χ3n) is 2.85. The number of hydrogen-bond donors (Lipinski definition) is 1. The molecule has 18 heavy (non-hydrogen) atoms. The minimum absolute atomic E-state index is 0.509. The summed E-state index contributed by atoms with van der Waals surface area (Å²) in [4.78, 5) is 4.25. The van der Waals surface area contributed by atoms with E-state index in [1.54, 1.807) is 0 Å². The molecule has 0 aliphatic heterocycles. The summed E-state index contributed by atoms with van der Waals surface area (Å²) in [6, 6.07) is 11.3. The Morgan fingerprint density at radius 2 is 1.94 bits per heavy atom. The van der Waals surface area contributed by atoms with Crippen LogP contribution < -0.4 is 5.32 Å². The maximum atomic E-state index is 4.25. The molecule has 94 valence electrons. The summed E-state index contributed by atoms with van der Waals surface area (Å²) in [6.07, 6.45) is 3.80. The molecular weight excluding hydrogens is 220 g/mol. The van der Waals surface area contributed by atoms with E-state index < -0.39 is 0 Å². The van der Waals surface area contributed by atoms with Crippen LogP contribution in [0.25, 0.3) is 11.1 Å².